The Balaban J connectivity index is 0.00000529. The minimum atomic E-state index is -4.59. The average Bonchev–Trinajstić information content (AvgIpc) is 2.91. The lowest BCUT2D eigenvalue weighted by Crippen LogP contribution is -2.45. The zero-order valence-electron chi connectivity index (χ0n) is 13.6. The van der Waals surface area contributed by atoms with E-state index >= 15 is 0 Å². The lowest BCUT2D eigenvalue weighted by Gasteiger charge is -2.23. The molecular weight excluding hydrogens is 353 g/mol. The molecule has 0 spiro atoms. The minimum absolute atomic E-state index is 0. The third-order valence-corrected chi connectivity index (χ3v) is 3.98. The topological polar surface area (TPSA) is 78.9 Å². The summed E-state index contributed by atoms with van der Waals surface area (Å²) in [4.78, 5) is 24.3. The van der Waals surface area contributed by atoms with Gasteiger partial charge in [0.2, 0.25) is 5.91 Å². The number of carboxylic acids is 1. The van der Waals surface area contributed by atoms with E-state index in [-0.39, 0.29) is 19.0 Å². The number of aliphatic carboxylic acids is 1. The van der Waals surface area contributed by atoms with Crippen LogP contribution in [-0.4, -0.2) is 66.9 Å². The highest BCUT2D eigenvalue weighted by Gasteiger charge is 2.53. The number of alkyl halides is 3. The molecule has 0 aliphatic carbocycles. The highest BCUT2D eigenvalue weighted by Crippen LogP contribution is 2.38. The highest BCUT2D eigenvalue weighted by atomic mass is 35.5. The third-order valence-electron chi connectivity index (χ3n) is 3.98. The van der Waals surface area contributed by atoms with Crippen LogP contribution in [0.2, 0.25) is 0 Å². The molecule has 1 unspecified atom stereocenters. The molecule has 1 fully saturated rings. The van der Waals surface area contributed by atoms with Crippen molar-refractivity contribution in [3.05, 3.63) is 0 Å². The summed E-state index contributed by atoms with van der Waals surface area (Å²) < 4.78 is 43.9. The molecule has 1 rings (SSSR count). The van der Waals surface area contributed by atoms with E-state index < -0.39 is 42.5 Å². The molecule has 6 nitrogen and oxygen atoms in total. The summed E-state index contributed by atoms with van der Waals surface area (Å²) in [5, 5.41) is 11.6. The van der Waals surface area contributed by atoms with Gasteiger partial charge in [0.15, 0.2) is 0 Å². The Hall–Kier alpha value is -1.06. The molecule has 0 saturated carbocycles. The van der Waals surface area contributed by atoms with Crippen molar-refractivity contribution >= 4 is 24.3 Å². The van der Waals surface area contributed by atoms with Crippen LogP contribution in [0.3, 0.4) is 0 Å². The van der Waals surface area contributed by atoms with E-state index in [4.69, 9.17) is 9.84 Å². The summed E-state index contributed by atoms with van der Waals surface area (Å²) in [5.74, 6) is -5.39. The van der Waals surface area contributed by atoms with Gasteiger partial charge in [0.25, 0.3) is 0 Å². The SMILES string of the molecule is CCOCCCNC(=O)C(C)N1C[C@@H](C(F)(F)F)[C@H](C(=O)O)C1.Cl. The van der Waals surface area contributed by atoms with E-state index in [1.54, 1.807) is 0 Å². The largest absolute Gasteiger partial charge is 0.481 e. The molecule has 3 atom stereocenters. The molecule has 2 N–H and O–H groups in total. The number of nitrogens with zero attached hydrogens (tertiary/aromatic N) is 1. The molecule has 0 aromatic rings. The number of ether oxygens (including phenoxy) is 1. The van der Waals surface area contributed by atoms with Gasteiger partial charge in [-0.05, 0) is 20.3 Å². The van der Waals surface area contributed by atoms with Crippen LogP contribution in [0.25, 0.3) is 0 Å². The molecule has 1 aliphatic rings. The Morgan fingerprint density at radius 2 is 2.00 bits per heavy atom. The number of hydrogen-bond donors (Lipinski definition) is 2. The van der Waals surface area contributed by atoms with Crippen LogP contribution < -0.4 is 5.32 Å². The van der Waals surface area contributed by atoms with Crippen LogP contribution in [0.1, 0.15) is 20.3 Å². The Labute approximate surface area is 145 Å². The summed E-state index contributed by atoms with van der Waals surface area (Å²) in [6.45, 7) is 4.00. The van der Waals surface area contributed by atoms with Crippen molar-refractivity contribution in [3.63, 3.8) is 0 Å². The van der Waals surface area contributed by atoms with Crippen LogP contribution in [0.15, 0.2) is 0 Å². The van der Waals surface area contributed by atoms with Crippen molar-refractivity contribution in [1.82, 2.24) is 10.2 Å². The van der Waals surface area contributed by atoms with Crippen LogP contribution >= 0.6 is 12.4 Å². The second-order valence-electron chi connectivity index (χ2n) is 5.56. The van der Waals surface area contributed by atoms with Crippen LogP contribution in [0, 0.1) is 11.8 Å². The number of amides is 1. The predicted molar refractivity (Wildman–Crippen MR) is 83.1 cm³/mol. The number of rotatable bonds is 8. The van der Waals surface area contributed by atoms with Crippen molar-refractivity contribution < 1.29 is 32.6 Å². The standard InChI is InChI=1S/C14H23F3N2O4.ClH/c1-3-23-6-4-5-18-12(20)9(2)19-7-10(13(21)22)11(8-19)14(15,16)17;/h9-11H,3-8H2,1-2H3,(H,18,20)(H,21,22);1H/t9?,10-,11-;/m1./s1. The van der Waals surface area contributed by atoms with Crippen molar-refractivity contribution in [2.24, 2.45) is 11.8 Å². The second-order valence-corrected chi connectivity index (χ2v) is 5.56. The quantitative estimate of drug-likeness (QED) is 0.628. The van der Waals surface area contributed by atoms with Gasteiger partial charge in [0.05, 0.1) is 17.9 Å². The molecule has 0 aromatic carbocycles. The van der Waals surface area contributed by atoms with Crippen LogP contribution in [0.4, 0.5) is 13.2 Å². The lowest BCUT2D eigenvalue weighted by molar-refractivity contribution is -0.188. The Morgan fingerprint density at radius 1 is 1.38 bits per heavy atom. The number of likely N-dealkylation sites (tertiary alicyclic amines) is 1. The third kappa shape index (κ3) is 6.45. The molecule has 24 heavy (non-hydrogen) atoms. The first kappa shape index (κ1) is 22.9. The summed E-state index contributed by atoms with van der Waals surface area (Å²) in [6.07, 6.45) is -3.99. The van der Waals surface area contributed by atoms with Gasteiger partial charge in [-0.25, -0.2) is 0 Å². The van der Waals surface area contributed by atoms with Gasteiger partial charge in [-0.1, -0.05) is 0 Å². The highest BCUT2D eigenvalue weighted by molar-refractivity contribution is 5.85. The van der Waals surface area contributed by atoms with Crippen LogP contribution in [0.5, 0.6) is 0 Å². The second kappa shape index (κ2) is 10.0. The van der Waals surface area contributed by atoms with E-state index in [2.05, 4.69) is 5.32 Å². The zero-order valence-corrected chi connectivity index (χ0v) is 14.5. The number of carbonyl (C=O) groups excluding carboxylic acids is 1. The van der Waals surface area contributed by atoms with Gasteiger partial charge in [0, 0.05) is 32.8 Å². The number of halogens is 4. The monoisotopic (exact) mass is 376 g/mol. The van der Waals surface area contributed by atoms with E-state index in [9.17, 15) is 22.8 Å². The number of carboxylic acid groups (broad SMARTS) is 1. The maximum atomic E-state index is 12.9. The van der Waals surface area contributed by atoms with Crippen molar-refractivity contribution in [2.75, 3.05) is 32.8 Å². The summed E-state index contributed by atoms with van der Waals surface area (Å²) in [6, 6.07) is -0.809. The Kier molecular flexibility index (Phi) is 9.61. The fourth-order valence-corrected chi connectivity index (χ4v) is 2.58. The average molecular weight is 377 g/mol. The minimum Gasteiger partial charge on any atom is -0.481 e. The normalized spacial score (nSPS) is 22.7. The maximum Gasteiger partial charge on any atom is 0.393 e. The number of nitrogens with one attached hydrogen (secondary N) is 1. The van der Waals surface area contributed by atoms with E-state index in [1.807, 2.05) is 6.92 Å². The smallest absolute Gasteiger partial charge is 0.393 e. The predicted octanol–water partition coefficient (Wildman–Crippen LogP) is 1.53. The molecule has 10 heteroatoms. The molecule has 1 heterocycles. The lowest BCUT2D eigenvalue weighted by atomic mass is 9.96. The molecule has 142 valence electrons. The van der Waals surface area contributed by atoms with Gasteiger partial charge in [-0.3, -0.25) is 14.5 Å². The Morgan fingerprint density at radius 3 is 2.46 bits per heavy atom. The van der Waals surface area contributed by atoms with Gasteiger partial charge in [-0.2, -0.15) is 13.2 Å². The molecular formula is C14H24ClF3N2O4. The molecule has 1 aliphatic heterocycles. The maximum absolute atomic E-state index is 12.9. The van der Waals surface area contributed by atoms with Crippen molar-refractivity contribution in [2.45, 2.75) is 32.5 Å². The van der Waals surface area contributed by atoms with Gasteiger partial charge >= 0.3 is 12.1 Å². The summed E-state index contributed by atoms with van der Waals surface area (Å²) in [5.41, 5.74) is 0. The molecule has 0 aromatic heterocycles. The summed E-state index contributed by atoms with van der Waals surface area (Å²) >= 11 is 0. The first-order chi connectivity index (χ1) is 10.7. The fraction of sp³-hybridized carbons (Fsp3) is 0.857. The fourth-order valence-electron chi connectivity index (χ4n) is 2.58. The van der Waals surface area contributed by atoms with E-state index in [0.29, 0.717) is 26.2 Å². The molecule has 1 saturated heterocycles. The van der Waals surface area contributed by atoms with E-state index in [1.165, 1.54) is 11.8 Å². The van der Waals surface area contributed by atoms with Gasteiger partial charge in [0.1, 0.15) is 0 Å². The molecule has 0 radical (unpaired) electrons. The van der Waals surface area contributed by atoms with Gasteiger partial charge < -0.3 is 15.2 Å². The Bertz CT molecular complexity index is 423. The summed E-state index contributed by atoms with van der Waals surface area (Å²) in [7, 11) is 0. The van der Waals surface area contributed by atoms with Gasteiger partial charge in [-0.15, -0.1) is 12.4 Å². The van der Waals surface area contributed by atoms with Crippen molar-refractivity contribution in [1.29, 1.82) is 0 Å². The zero-order chi connectivity index (χ0) is 17.6. The molecule has 0 bridgehead atoms. The number of hydrogen-bond acceptors (Lipinski definition) is 4. The first-order valence-electron chi connectivity index (χ1n) is 7.57. The van der Waals surface area contributed by atoms with Crippen LogP contribution in [-0.2, 0) is 14.3 Å². The van der Waals surface area contributed by atoms with E-state index in [0.717, 1.165) is 0 Å². The first-order valence-corrected chi connectivity index (χ1v) is 7.57. The van der Waals surface area contributed by atoms with Crippen molar-refractivity contribution in [3.8, 4) is 0 Å². The molecule has 1 amide bonds. The number of carbonyl (C=O) groups is 2.